The summed E-state index contributed by atoms with van der Waals surface area (Å²) in [6.45, 7) is 5.48. The fourth-order valence-corrected chi connectivity index (χ4v) is 5.54. The Labute approximate surface area is 237 Å². The number of rotatable bonds is 5. The van der Waals surface area contributed by atoms with Gasteiger partial charge in [0.15, 0.2) is 0 Å². The van der Waals surface area contributed by atoms with Gasteiger partial charge in [-0.2, -0.15) is 0 Å². The van der Waals surface area contributed by atoms with Crippen molar-refractivity contribution in [1.29, 1.82) is 0 Å². The number of hydrogen-bond acceptors (Lipinski definition) is 6. The maximum absolute atomic E-state index is 13.7. The third-order valence-electron chi connectivity index (χ3n) is 7.12. The van der Waals surface area contributed by atoms with Gasteiger partial charge in [0.2, 0.25) is 0 Å². The molecule has 1 aliphatic heterocycles. The van der Waals surface area contributed by atoms with Crippen LogP contribution in [0.3, 0.4) is 0 Å². The third-order valence-corrected chi connectivity index (χ3v) is 7.96. The first-order chi connectivity index (χ1) is 18.7. The number of fused-ring (bicyclic) bond motifs is 1. The van der Waals surface area contributed by atoms with Crippen molar-refractivity contribution in [2.75, 3.05) is 19.6 Å². The minimum absolute atomic E-state index is 0.0519. The van der Waals surface area contributed by atoms with E-state index in [9.17, 15) is 19.7 Å². The number of non-ortho nitro benzene ring substituents is 1. The summed E-state index contributed by atoms with van der Waals surface area (Å²) in [5, 5.41) is 11.6. The fraction of sp³-hybridized carbons (Fsp3) is 0.250. The summed E-state index contributed by atoms with van der Waals surface area (Å²) in [6.07, 6.45) is 0. The van der Waals surface area contributed by atoms with Crippen LogP contribution in [0.1, 0.15) is 36.1 Å². The lowest BCUT2D eigenvalue weighted by Crippen LogP contribution is -2.54. The van der Waals surface area contributed by atoms with E-state index >= 15 is 0 Å². The van der Waals surface area contributed by atoms with Gasteiger partial charge in [0.1, 0.15) is 5.82 Å². The van der Waals surface area contributed by atoms with Crippen LogP contribution in [0.4, 0.5) is 5.69 Å². The second kappa shape index (κ2) is 10.9. The van der Waals surface area contributed by atoms with E-state index in [1.54, 1.807) is 15.5 Å². The van der Waals surface area contributed by atoms with Crippen molar-refractivity contribution in [3.8, 4) is 5.69 Å². The summed E-state index contributed by atoms with van der Waals surface area (Å²) in [4.78, 5) is 46.3. The average molecular weight is 611 g/mol. The van der Waals surface area contributed by atoms with Crippen molar-refractivity contribution in [3.05, 3.63) is 108 Å². The molecule has 0 bridgehead atoms. The summed E-state index contributed by atoms with van der Waals surface area (Å²) >= 11 is 9.70. The van der Waals surface area contributed by atoms with E-state index in [1.165, 1.54) is 18.2 Å². The zero-order chi connectivity index (χ0) is 27.8. The van der Waals surface area contributed by atoms with Crippen molar-refractivity contribution in [2.24, 2.45) is 0 Å². The zero-order valence-electron chi connectivity index (χ0n) is 21.3. The van der Waals surface area contributed by atoms with Crippen LogP contribution in [-0.4, -0.2) is 55.9 Å². The zero-order valence-corrected chi connectivity index (χ0v) is 23.6. The molecule has 2 atom stereocenters. The summed E-state index contributed by atoms with van der Waals surface area (Å²) in [6, 6.07) is 18.3. The number of carbonyl (C=O) groups excluding carboxylic acids is 1. The van der Waals surface area contributed by atoms with E-state index in [4.69, 9.17) is 16.6 Å². The molecule has 0 saturated carbocycles. The molecule has 2 heterocycles. The molecule has 200 valence electrons. The molecular formula is C28H25BrClN5O4. The molecule has 0 radical (unpaired) electrons. The van der Waals surface area contributed by atoms with E-state index in [2.05, 4.69) is 20.8 Å². The molecule has 9 nitrogen and oxygen atoms in total. The Balaban J connectivity index is 1.44. The Hall–Kier alpha value is -3.60. The Morgan fingerprint density at radius 3 is 2.51 bits per heavy atom. The summed E-state index contributed by atoms with van der Waals surface area (Å²) in [5.74, 6) is 0.344. The maximum Gasteiger partial charge on any atom is 0.270 e. The fourth-order valence-electron chi connectivity index (χ4n) is 5.02. The lowest BCUT2D eigenvalue weighted by atomic mass is 10.1. The quantitative estimate of drug-likeness (QED) is 0.215. The molecular weight excluding hydrogens is 586 g/mol. The summed E-state index contributed by atoms with van der Waals surface area (Å²) < 4.78 is 2.57. The van der Waals surface area contributed by atoms with Gasteiger partial charge in [-0.15, -0.1) is 0 Å². The van der Waals surface area contributed by atoms with Gasteiger partial charge in [0, 0.05) is 42.3 Å². The highest BCUT2D eigenvalue weighted by molar-refractivity contribution is 9.10. The SMILES string of the molecule is CC(c1nc2ccccc2c(=O)n1-c1ccc(Br)cc1)N1CCN(C(=O)c2ccc([N+](=O)[O-])cc2Cl)C(C)C1. The van der Waals surface area contributed by atoms with Gasteiger partial charge in [-0.3, -0.25) is 29.2 Å². The second-order valence-electron chi connectivity index (χ2n) is 9.54. The molecule has 39 heavy (non-hydrogen) atoms. The number of aromatic nitrogens is 2. The van der Waals surface area contributed by atoms with Crippen LogP contribution >= 0.6 is 27.5 Å². The van der Waals surface area contributed by atoms with Gasteiger partial charge in [0.25, 0.3) is 17.2 Å². The monoisotopic (exact) mass is 609 g/mol. The van der Waals surface area contributed by atoms with Gasteiger partial charge >= 0.3 is 0 Å². The second-order valence-corrected chi connectivity index (χ2v) is 10.9. The molecule has 2 unspecified atom stereocenters. The molecule has 1 amide bonds. The molecule has 0 N–H and O–H groups in total. The lowest BCUT2D eigenvalue weighted by Gasteiger charge is -2.42. The van der Waals surface area contributed by atoms with Gasteiger partial charge < -0.3 is 4.90 Å². The Bertz CT molecular complexity index is 1640. The number of para-hydroxylation sites is 1. The number of carbonyl (C=O) groups is 1. The number of nitro benzene ring substituents is 1. The summed E-state index contributed by atoms with van der Waals surface area (Å²) in [5.41, 5.74) is 1.28. The number of nitro groups is 1. The number of hydrogen-bond donors (Lipinski definition) is 0. The molecule has 1 aliphatic rings. The number of nitrogens with zero attached hydrogens (tertiary/aromatic N) is 5. The van der Waals surface area contributed by atoms with Crippen molar-refractivity contribution >= 4 is 50.0 Å². The first-order valence-electron chi connectivity index (χ1n) is 12.4. The lowest BCUT2D eigenvalue weighted by molar-refractivity contribution is -0.384. The minimum Gasteiger partial charge on any atom is -0.333 e. The van der Waals surface area contributed by atoms with Gasteiger partial charge in [-0.1, -0.05) is 39.7 Å². The number of halogens is 2. The van der Waals surface area contributed by atoms with Gasteiger partial charge in [-0.05, 0) is 56.3 Å². The molecule has 1 saturated heterocycles. The number of amides is 1. The predicted molar refractivity (Wildman–Crippen MR) is 154 cm³/mol. The molecule has 3 aromatic carbocycles. The highest BCUT2D eigenvalue weighted by atomic mass is 79.9. The van der Waals surface area contributed by atoms with Crippen LogP contribution in [0.25, 0.3) is 16.6 Å². The van der Waals surface area contributed by atoms with Crippen LogP contribution in [0.2, 0.25) is 5.02 Å². The van der Waals surface area contributed by atoms with Gasteiger partial charge in [0.05, 0.1) is 38.1 Å². The van der Waals surface area contributed by atoms with Crippen molar-refractivity contribution in [2.45, 2.75) is 25.9 Å². The number of benzene rings is 3. The highest BCUT2D eigenvalue weighted by Crippen LogP contribution is 2.28. The topological polar surface area (TPSA) is 102 Å². The molecule has 1 aromatic heterocycles. The van der Waals surface area contributed by atoms with E-state index in [0.717, 1.165) is 10.2 Å². The maximum atomic E-state index is 13.7. The van der Waals surface area contributed by atoms with Crippen molar-refractivity contribution in [1.82, 2.24) is 19.4 Å². The average Bonchev–Trinajstić information content (AvgIpc) is 2.92. The van der Waals surface area contributed by atoms with Crippen LogP contribution in [0, 0.1) is 10.1 Å². The molecule has 5 rings (SSSR count). The van der Waals surface area contributed by atoms with E-state index in [1.807, 2.05) is 56.3 Å². The largest absolute Gasteiger partial charge is 0.333 e. The molecule has 11 heteroatoms. The minimum atomic E-state index is -0.544. The number of piperazine rings is 1. The third kappa shape index (κ3) is 5.19. The van der Waals surface area contributed by atoms with E-state index < -0.39 is 4.92 Å². The highest BCUT2D eigenvalue weighted by Gasteiger charge is 2.33. The first kappa shape index (κ1) is 27.0. The van der Waals surface area contributed by atoms with Crippen LogP contribution in [0.15, 0.2) is 76.0 Å². The van der Waals surface area contributed by atoms with Crippen molar-refractivity contribution < 1.29 is 9.72 Å². The van der Waals surface area contributed by atoms with Crippen LogP contribution in [0.5, 0.6) is 0 Å². The van der Waals surface area contributed by atoms with Gasteiger partial charge in [-0.25, -0.2) is 4.98 Å². The molecule has 0 spiro atoms. The molecule has 4 aromatic rings. The Kier molecular flexibility index (Phi) is 7.53. The first-order valence-corrected chi connectivity index (χ1v) is 13.6. The van der Waals surface area contributed by atoms with E-state index in [-0.39, 0.29) is 39.8 Å². The molecule has 0 aliphatic carbocycles. The normalized spacial score (nSPS) is 16.8. The molecule has 1 fully saturated rings. The van der Waals surface area contributed by atoms with Crippen LogP contribution < -0.4 is 5.56 Å². The Morgan fingerprint density at radius 1 is 1.13 bits per heavy atom. The smallest absolute Gasteiger partial charge is 0.270 e. The van der Waals surface area contributed by atoms with Crippen molar-refractivity contribution in [3.63, 3.8) is 0 Å². The summed E-state index contributed by atoms with van der Waals surface area (Å²) in [7, 11) is 0. The van der Waals surface area contributed by atoms with Crippen LogP contribution in [-0.2, 0) is 0 Å². The predicted octanol–water partition coefficient (Wildman–Crippen LogP) is 5.62. The standard InChI is InChI=1S/C28H25BrClN5O4/c1-17-16-32(13-14-33(17)27(36)22-12-11-21(35(38)39)15-24(22)30)18(2)26-31-25-6-4-3-5-23(25)28(37)34(26)20-9-7-19(29)8-10-20/h3-12,15,17-18H,13-14,16H2,1-2H3. The Morgan fingerprint density at radius 2 is 1.85 bits per heavy atom. The van der Waals surface area contributed by atoms with E-state index in [0.29, 0.717) is 36.4 Å².